The smallest absolute Gasteiger partial charge is 0.254 e. The third-order valence-corrected chi connectivity index (χ3v) is 3.81. The van der Waals surface area contributed by atoms with Gasteiger partial charge in [0.05, 0.1) is 18.8 Å². The van der Waals surface area contributed by atoms with E-state index >= 15 is 0 Å². The molecule has 0 bridgehead atoms. The van der Waals surface area contributed by atoms with E-state index < -0.39 is 0 Å². The average molecular weight is 285 g/mol. The van der Waals surface area contributed by atoms with Crippen LogP contribution in [0.25, 0.3) is 10.8 Å². The lowest BCUT2D eigenvalue weighted by molar-refractivity contribution is -0.0858. The molecule has 2 unspecified atom stereocenters. The predicted molar refractivity (Wildman–Crippen MR) is 81.3 cm³/mol. The average Bonchev–Trinajstić information content (AvgIpc) is 2.53. The highest BCUT2D eigenvalue weighted by Gasteiger charge is 2.28. The Hall–Kier alpha value is -1.91. The summed E-state index contributed by atoms with van der Waals surface area (Å²) >= 11 is 0. The number of fused-ring (bicyclic) bond motifs is 1. The molecule has 4 heteroatoms. The van der Waals surface area contributed by atoms with Gasteiger partial charge in [-0.15, -0.1) is 0 Å². The molecule has 0 aliphatic carbocycles. The zero-order chi connectivity index (χ0) is 14.8. The molecule has 1 N–H and O–H groups in total. The molecule has 4 nitrogen and oxygen atoms in total. The maximum Gasteiger partial charge on any atom is 0.254 e. The number of aliphatic hydroxyl groups is 1. The standard InChI is InChI=1S/C17H19NO3/c1-12-9-18(10-16(11-19)21-12)17(20)15-7-6-13-4-2-3-5-14(13)8-15/h2-8,12,16,19H,9-11H2,1H3. The van der Waals surface area contributed by atoms with E-state index in [0.717, 1.165) is 10.8 Å². The van der Waals surface area contributed by atoms with Crippen molar-refractivity contribution in [3.05, 3.63) is 48.0 Å². The minimum atomic E-state index is -0.293. The van der Waals surface area contributed by atoms with Crippen LogP contribution in [-0.2, 0) is 4.74 Å². The molecular weight excluding hydrogens is 266 g/mol. The van der Waals surface area contributed by atoms with Crippen LogP contribution in [0, 0.1) is 0 Å². The monoisotopic (exact) mass is 285 g/mol. The Labute approximate surface area is 123 Å². The Bertz CT molecular complexity index is 655. The first-order valence-electron chi connectivity index (χ1n) is 7.22. The Balaban J connectivity index is 1.85. The second-order valence-electron chi connectivity index (χ2n) is 5.52. The van der Waals surface area contributed by atoms with E-state index in [9.17, 15) is 9.90 Å². The summed E-state index contributed by atoms with van der Waals surface area (Å²) in [5.41, 5.74) is 0.680. The first kappa shape index (κ1) is 14.0. The highest BCUT2D eigenvalue weighted by atomic mass is 16.5. The minimum Gasteiger partial charge on any atom is -0.394 e. The van der Waals surface area contributed by atoms with Gasteiger partial charge >= 0.3 is 0 Å². The van der Waals surface area contributed by atoms with Gasteiger partial charge in [-0.25, -0.2) is 0 Å². The van der Waals surface area contributed by atoms with Crippen molar-refractivity contribution >= 4 is 16.7 Å². The number of rotatable bonds is 2. The van der Waals surface area contributed by atoms with Crippen molar-refractivity contribution in [2.45, 2.75) is 19.1 Å². The van der Waals surface area contributed by atoms with Gasteiger partial charge in [-0.2, -0.15) is 0 Å². The Morgan fingerprint density at radius 3 is 2.76 bits per heavy atom. The molecule has 2 aromatic rings. The van der Waals surface area contributed by atoms with E-state index in [1.807, 2.05) is 49.4 Å². The van der Waals surface area contributed by atoms with Crippen molar-refractivity contribution < 1.29 is 14.6 Å². The molecule has 2 aromatic carbocycles. The summed E-state index contributed by atoms with van der Waals surface area (Å²) in [6.07, 6.45) is -0.349. The second kappa shape index (κ2) is 5.84. The van der Waals surface area contributed by atoms with Gasteiger partial charge in [-0.1, -0.05) is 30.3 Å². The lowest BCUT2D eigenvalue weighted by Crippen LogP contribution is -2.50. The van der Waals surface area contributed by atoms with Gasteiger partial charge in [0.2, 0.25) is 0 Å². The summed E-state index contributed by atoms with van der Waals surface area (Å²) < 4.78 is 5.58. The lowest BCUT2D eigenvalue weighted by atomic mass is 10.1. The van der Waals surface area contributed by atoms with E-state index in [-0.39, 0.29) is 24.7 Å². The molecule has 1 amide bonds. The van der Waals surface area contributed by atoms with Crippen molar-refractivity contribution in [3.8, 4) is 0 Å². The normalized spacial score (nSPS) is 22.5. The van der Waals surface area contributed by atoms with Gasteiger partial charge in [-0.05, 0) is 29.8 Å². The number of carbonyl (C=O) groups is 1. The van der Waals surface area contributed by atoms with E-state index in [0.29, 0.717) is 18.7 Å². The van der Waals surface area contributed by atoms with Crippen LogP contribution in [0.3, 0.4) is 0 Å². The van der Waals surface area contributed by atoms with Crippen molar-refractivity contribution in [1.82, 2.24) is 4.90 Å². The molecule has 0 spiro atoms. The number of carbonyl (C=O) groups excluding carboxylic acids is 1. The van der Waals surface area contributed by atoms with Crippen LogP contribution in [0.4, 0.5) is 0 Å². The van der Waals surface area contributed by atoms with Crippen LogP contribution < -0.4 is 0 Å². The molecule has 110 valence electrons. The molecule has 1 fully saturated rings. The third kappa shape index (κ3) is 2.91. The molecule has 1 aliphatic rings. The van der Waals surface area contributed by atoms with E-state index in [1.165, 1.54) is 0 Å². The fourth-order valence-corrected chi connectivity index (χ4v) is 2.82. The van der Waals surface area contributed by atoms with Gasteiger partial charge in [-0.3, -0.25) is 4.79 Å². The number of amides is 1. The summed E-state index contributed by atoms with van der Waals surface area (Å²) in [5, 5.41) is 11.4. The summed E-state index contributed by atoms with van der Waals surface area (Å²) in [5.74, 6) is -0.00523. The van der Waals surface area contributed by atoms with Crippen LogP contribution in [-0.4, -0.2) is 47.8 Å². The topological polar surface area (TPSA) is 49.8 Å². The lowest BCUT2D eigenvalue weighted by Gasteiger charge is -2.36. The molecule has 1 aliphatic heterocycles. The number of hydrogen-bond acceptors (Lipinski definition) is 3. The summed E-state index contributed by atoms with van der Waals surface area (Å²) in [7, 11) is 0. The highest BCUT2D eigenvalue weighted by molar-refractivity contribution is 5.98. The Morgan fingerprint density at radius 1 is 1.24 bits per heavy atom. The van der Waals surface area contributed by atoms with Crippen molar-refractivity contribution in [2.75, 3.05) is 19.7 Å². The van der Waals surface area contributed by atoms with Crippen LogP contribution in [0.2, 0.25) is 0 Å². The van der Waals surface area contributed by atoms with E-state index in [2.05, 4.69) is 0 Å². The highest BCUT2D eigenvalue weighted by Crippen LogP contribution is 2.19. The Morgan fingerprint density at radius 2 is 2.00 bits per heavy atom. The second-order valence-corrected chi connectivity index (χ2v) is 5.52. The molecule has 0 radical (unpaired) electrons. The maximum atomic E-state index is 12.6. The molecule has 1 saturated heterocycles. The molecule has 3 rings (SSSR count). The van der Waals surface area contributed by atoms with Crippen molar-refractivity contribution in [3.63, 3.8) is 0 Å². The number of ether oxygens (including phenoxy) is 1. The first-order chi connectivity index (χ1) is 10.2. The molecular formula is C17H19NO3. The predicted octanol–water partition coefficient (Wildman–Crippen LogP) is 2.06. The zero-order valence-electron chi connectivity index (χ0n) is 12.0. The largest absolute Gasteiger partial charge is 0.394 e. The number of aliphatic hydroxyl groups excluding tert-OH is 1. The molecule has 2 atom stereocenters. The number of nitrogens with zero attached hydrogens (tertiary/aromatic N) is 1. The van der Waals surface area contributed by atoms with Gasteiger partial charge < -0.3 is 14.7 Å². The first-order valence-corrected chi connectivity index (χ1v) is 7.22. The van der Waals surface area contributed by atoms with Crippen LogP contribution in [0.15, 0.2) is 42.5 Å². The van der Waals surface area contributed by atoms with E-state index in [1.54, 1.807) is 4.90 Å². The third-order valence-electron chi connectivity index (χ3n) is 3.81. The van der Waals surface area contributed by atoms with Gasteiger partial charge in [0.15, 0.2) is 0 Å². The minimum absolute atomic E-state index is 0.00523. The van der Waals surface area contributed by atoms with Gasteiger partial charge in [0, 0.05) is 18.7 Å². The quantitative estimate of drug-likeness (QED) is 0.919. The molecule has 0 aromatic heterocycles. The zero-order valence-corrected chi connectivity index (χ0v) is 12.0. The molecule has 21 heavy (non-hydrogen) atoms. The fourth-order valence-electron chi connectivity index (χ4n) is 2.82. The number of morpholine rings is 1. The van der Waals surface area contributed by atoms with Crippen LogP contribution in [0.1, 0.15) is 17.3 Å². The number of hydrogen-bond donors (Lipinski definition) is 1. The van der Waals surface area contributed by atoms with Crippen molar-refractivity contribution in [2.24, 2.45) is 0 Å². The molecule has 1 heterocycles. The van der Waals surface area contributed by atoms with Gasteiger partial charge in [0.25, 0.3) is 5.91 Å². The SMILES string of the molecule is CC1CN(C(=O)c2ccc3ccccc3c2)CC(CO)O1. The molecule has 0 saturated carbocycles. The Kier molecular flexibility index (Phi) is 3.90. The summed E-state index contributed by atoms with van der Waals surface area (Å²) in [6.45, 7) is 2.85. The fraction of sp³-hybridized carbons (Fsp3) is 0.353. The van der Waals surface area contributed by atoms with Gasteiger partial charge in [0.1, 0.15) is 0 Å². The summed E-state index contributed by atoms with van der Waals surface area (Å²) in [4.78, 5) is 14.4. The van der Waals surface area contributed by atoms with Crippen LogP contribution in [0.5, 0.6) is 0 Å². The van der Waals surface area contributed by atoms with Crippen LogP contribution >= 0.6 is 0 Å². The van der Waals surface area contributed by atoms with Crippen molar-refractivity contribution in [1.29, 1.82) is 0 Å². The maximum absolute atomic E-state index is 12.6. The van der Waals surface area contributed by atoms with E-state index in [4.69, 9.17) is 4.74 Å². The number of benzene rings is 2. The summed E-state index contributed by atoms with van der Waals surface area (Å²) in [6, 6.07) is 13.7.